The highest BCUT2D eigenvalue weighted by atomic mass is 16.5. The van der Waals surface area contributed by atoms with Crippen LogP contribution in [-0.2, 0) is 6.54 Å². The van der Waals surface area contributed by atoms with Crippen molar-refractivity contribution in [1.82, 2.24) is 9.97 Å². The molecule has 0 spiro atoms. The van der Waals surface area contributed by atoms with E-state index in [1.165, 1.54) is 0 Å². The van der Waals surface area contributed by atoms with E-state index in [2.05, 4.69) is 15.3 Å². The van der Waals surface area contributed by atoms with Gasteiger partial charge in [0.05, 0.1) is 19.0 Å². The fourth-order valence-corrected chi connectivity index (χ4v) is 1.64. The molecule has 2 aromatic rings. The zero-order valence-electron chi connectivity index (χ0n) is 10.5. The molecule has 0 aliphatic heterocycles. The van der Waals surface area contributed by atoms with Gasteiger partial charge in [-0.2, -0.15) is 0 Å². The number of hydrogen-bond donors (Lipinski definition) is 2. The lowest BCUT2D eigenvalue weighted by atomic mass is 10.2. The number of rotatable bonds is 4. The Morgan fingerprint density at radius 3 is 2.89 bits per heavy atom. The van der Waals surface area contributed by atoms with Crippen LogP contribution in [0.4, 0.5) is 11.5 Å². The van der Waals surface area contributed by atoms with Gasteiger partial charge in [-0.25, -0.2) is 9.97 Å². The van der Waals surface area contributed by atoms with Crippen LogP contribution in [0.25, 0.3) is 0 Å². The van der Waals surface area contributed by atoms with Crippen LogP contribution in [0, 0.1) is 6.92 Å². The first kappa shape index (κ1) is 12.2. The molecule has 0 atom stereocenters. The molecule has 0 unspecified atom stereocenters. The number of nitrogens with zero attached hydrogens (tertiary/aromatic N) is 2. The molecule has 2 heterocycles. The van der Waals surface area contributed by atoms with Crippen LogP contribution in [0.2, 0.25) is 0 Å². The minimum atomic E-state index is 0.608. The van der Waals surface area contributed by atoms with Crippen LogP contribution in [0.1, 0.15) is 11.1 Å². The van der Waals surface area contributed by atoms with E-state index in [0.717, 1.165) is 16.9 Å². The molecule has 0 amide bonds. The molecule has 5 heteroatoms. The van der Waals surface area contributed by atoms with Crippen LogP contribution < -0.4 is 15.8 Å². The van der Waals surface area contributed by atoms with E-state index in [0.29, 0.717) is 18.1 Å². The number of aromatic nitrogens is 2. The average Bonchev–Trinajstić information content (AvgIpc) is 2.38. The van der Waals surface area contributed by atoms with Crippen LogP contribution in [-0.4, -0.2) is 17.1 Å². The van der Waals surface area contributed by atoms with Crippen LogP contribution in [0.3, 0.4) is 0 Å². The third-order valence-corrected chi connectivity index (χ3v) is 2.57. The Bertz CT molecular complexity index is 542. The number of nitrogens with one attached hydrogen (secondary N) is 1. The Hall–Kier alpha value is -2.30. The average molecular weight is 244 g/mol. The predicted molar refractivity (Wildman–Crippen MR) is 71.5 cm³/mol. The van der Waals surface area contributed by atoms with Gasteiger partial charge in [0.25, 0.3) is 0 Å². The molecule has 94 valence electrons. The molecule has 0 aromatic carbocycles. The van der Waals surface area contributed by atoms with Crippen LogP contribution in [0.5, 0.6) is 5.88 Å². The Kier molecular flexibility index (Phi) is 3.62. The molecule has 0 radical (unpaired) electrons. The summed E-state index contributed by atoms with van der Waals surface area (Å²) in [5, 5.41) is 3.26. The number of nitrogens with two attached hydrogens (primary N) is 1. The lowest BCUT2D eigenvalue weighted by Crippen LogP contribution is -2.04. The van der Waals surface area contributed by atoms with Crippen LogP contribution >= 0.6 is 0 Å². The van der Waals surface area contributed by atoms with Gasteiger partial charge < -0.3 is 15.8 Å². The molecule has 0 fully saturated rings. The van der Waals surface area contributed by atoms with Crippen molar-refractivity contribution in [3.05, 3.63) is 41.7 Å². The summed E-state index contributed by atoms with van der Waals surface area (Å²) in [6.07, 6.45) is 3.36. The summed E-state index contributed by atoms with van der Waals surface area (Å²) < 4.78 is 5.08. The summed E-state index contributed by atoms with van der Waals surface area (Å²) in [5.41, 5.74) is 8.43. The number of aryl methyl sites for hydroxylation is 1. The van der Waals surface area contributed by atoms with Gasteiger partial charge in [-0.1, -0.05) is 0 Å². The zero-order valence-corrected chi connectivity index (χ0v) is 10.5. The Balaban J connectivity index is 2.06. The predicted octanol–water partition coefficient (Wildman–Crippen LogP) is 1.99. The first-order valence-corrected chi connectivity index (χ1v) is 5.64. The van der Waals surface area contributed by atoms with Gasteiger partial charge >= 0.3 is 0 Å². The second-order valence-electron chi connectivity index (χ2n) is 3.99. The summed E-state index contributed by atoms with van der Waals surface area (Å²) in [5.74, 6) is 1.44. The topological polar surface area (TPSA) is 73.1 Å². The Morgan fingerprint density at radius 2 is 2.17 bits per heavy atom. The first-order valence-electron chi connectivity index (χ1n) is 5.64. The van der Waals surface area contributed by atoms with Crippen molar-refractivity contribution in [2.45, 2.75) is 13.5 Å². The molecule has 18 heavy (non-hydrogen) atoms. The second-order valence-corrected chi connectivity index (χ2v) is 3.99. The SMILES string of the molecule is COc1cc(CNc2ncc(N)cc2C)ccn1. The fraction of sp³-hybridized carbons (Fsp3) is 0.231. The molecular weight excluding hydrogens is 228 g/mol. The van der Waals surface area contributed by atoms with Crippen molar-refractivity contribution in [3.63, 3.8) is 0 Å². The number of pyridine rings is 2. The molecular formula is C13H16N4O. The maximum atomic E-state index is 5.66. The van der Waals surface area contributed by atoms with Gasteiger partial charge in [-0.15, -0.1) is 0 Å². The number of nitrogen functional groups attached to an aromatic ring is 1. The third kappa shape index (κ3) is 2.88. The van der Waals surface area contributed by atoms with Crippen molar-refractivity contribution in [2.24, 2.45) is 0 Å². The van der Waals surface area contributed by atoms with Gasteiger partial charge in [0.1, 0.15) is 5.82 Å². The van der Waals surface area contributed by atoms with Gasteiger partial charge in [0.15, 0.2) is 0 Å². The summed E-state index contributed by atoms with van der Waals surface area (Å²) in [7, 11) is 1.60. The molecule has 0 saturated heterocycles. The molecule has 3 N–H and O–H groups in total. The number of ether oxygens (including phenoxy) is 1. The van der Waals surface area contributed by atoms with E-state index in [4.69, 9.17) is 10.5 Å². The monoisotopic (exact) mass is 244 g/mol. The zero-order chi connectivity index (χ0) is 13.0. The van der Waals surface area contributed by atoms with Crippen molar-refractivity contribution in [3.8, 4) is 5.88 Å². The normalized spacial score (nSPS) is 10.1. The van der Waals surface area contributed by atoms with Crippen molar-refractivity contribution in [1.29, 1.82) is 0 Å². The summed E-state index contributed by atoms with van der Waals surface area (Å²) >= 11 is 0. The highest BCUT2D eigenvalue weighted by molar-refractivity contribution is 5.51. The Morgan fingerprint density at radius 1 is 1.33 bits per heavy atom. The minimum absolute atomic E-state index is 0.608. The molecule has 0 saturated carbocycles. The van der Waals surface area contributed by atoms with Gasteiger partial charge in [0, 0.05) is 18.8 Å². The van der Waals surface area contributed by atoms with E-state index in [-0.39, 0.29) is 0 Å². The van der Waals surface area contributed by atoms with Gasteiger partial charge in [-0.3, -0.25) is 0 Å². The lowest BCUT2D eigenvalue weighted by molar-refractivity contribution is 0.397. The van der Waals surface area contributed by atoms with E-state index in [9.17, 15) is 0 Å². The lowest BCUT2D eigenvalue weighted by Gasteiger charge is -2.09. The van der Waals surface area contributed by atoms with E-state index < -0.39 is 0 Å². The van der Waals surface area contributed by atoms with Crippen molar-refractivity contribution < 1.29 is 4.74 Å². The van der Waals surface area contributed by atoms with Crippen LogP contribution in [0.15, 0.2) is 30.6 Å². The molecule has 0 aliphatic carbocycles. The molecule has 2 aromatic heterocycles. The van der Waals surface area contributed by atoms with Crippen molar-refractivity contribution >= 4 is 11.5 Å². The van der Waals surface area contributed by atoms with Crippen molar-refractivity contribution in [2.75, 3.05) is 18.2 Å². The summed E-state index contributed by atoms with van der Waals surface area (Å²) in [6, 6.07) is 5.71. The smallest absolute Gasteiger partial charge is 0.213 e. The second kappa shape index (κ2) is 5.35. The quantitative estimate of drug-likeness (QED) is 0.860. The third-order valence-electron chi connectivity index (χ3n) is 2.57. The molecule has 0 aliphatic rings. The largest absolute Gasteiger partial charge is 0.481 e. The van der Waals surface area contributed by atoms with Gasteiger partial charge in [-0.05, 0) is 30.2 Å². The van der Waals surface area contributed by atoms with E-state index >= 15 is 0 Å². The van der Waals surface area contributed by atoms with E-state index in [1.807, 2.05) is 25.1 Å². The molecule has 0 bridgehead atoms. The molecule has 5 nitrogen and oxygen atoms in total. The highest BCUT2D eigenvalue weighted by Crippen LogP contribution is 2.16. The number of methoxy groups -OCH3 is 1. The number of anilines is 2. The summed E-state index contributed by atoms with van der Waals surface area (Å²) in [4.78, 5) is 8.31. The van der Waals surface area contributed by atoms with Gasteiger partial charge in [0.2, 0.25) is 5.88 Å². The maximum absolute atomic E-state index is 5.66. The first-order chi connectivity index (χ1) is 8.69. The molecule has 2 rings (SSSR count). The standard InChI is InChI=1S/C13H16N4O/c1-9-5-11(14)8-17-13(9)16-7-10-3-4-15-12(6-10)18-2/h3-6,8H,7,14H2,1-2H3,(H,16,17). The van der Waals surface area contributed by atoms with E-state index in [1.54, 1.807) is 19.5 Å². The maximum Gasteiger partial charge on any atom is 0.213 e. The Labute approximate surface area is 106 Å². The minimum Gasteiger partial charge on any atom is -0.481 e. The highest BCUT2D eigenvalue weighted by Gasteiger charge is 2.01. The fourth-order valence-electron chi connectivity index (χ4n) is 1.64. The number of hydrogen-bond acceptors (Lipinski definition) is 5. The summed E-state index contributed by atoms with van der Waals surface area (Å²) in [6.45, 7) is 2.63.